The maximum atomic E-state index is 13.0. The number of nitrogens with one attached hydrogen (secondary N) is 1. The Bertz CT molecular complexity index is 781. The third-order valence-electron chi connectivity index (χ3n) is 8.24. The van der Waals surface area contributed by atoms with Crippen molar-refractivity contribution in [1.82, 2.24) is 10.2 Å². The van der Waals surface area contributed by atoms with Crippen molar-refractivity contribution in [1.29, 1.82) is 0 Å². The number of nitrogens with zero attached hydrogens (tertiary/aromatic N) is 1. The molecule has 10 heteroatoms. The van der Waals surface area contributed by atoms with Gasteiger partial charge in [0.15, 0.2) is 6.29 Å². The molecule has 0 radical (unpaired) electrons. The molecule has 2 fully saturated rings. The van der Waals surface area contributed by atoms with Gasteiger partial charge in [-0.1, -0.05) is 59.0 Å². The van der Waals surface area contributed by atoms with Crippen molar-refractivity contribution >= 4 is 11.8 Å². The molecule has 0 aromatic heterocycles. The average Bonchev–Trinajstić information content (AvgIpc) is 3.43. The van der Waals surface area contributed by atoms with Crippen molar-refractivity contribution in [3.05, 3.63) is 12.3 Å². The predicted molar refractivity (Wildman–Crippen MR) is 157 cm³/mol. The van der Waals surface area contributed by atoms with Crippen molar-refractivity contribution in [2.45, 2.75) is 141 Å². The maximum absolute atomic E-state index is 13.0. The number of carbonyl (C=O) groups excluding carboxylic acids is 2. The summed E-state index contributed by atoms with van der Waals surface area (Å²) in [5.74, 6) is 1.03. The minimum Gasteiger partial charge on any atom is -0.496 e. The number of likely N-dealkylation sites (tertiary alicyclic amines) is 1. The van der Waals surface area contributed by atoms with Crippen LogP contribution in [0.1, 0.15) is 104 Å². The van der Waals surface area contributed by atoms with Crippen LogP contribution in [0.3, 0.4) is 0 Å². The molecule has 6 unspecified atom stereocenters. The van der Waals surface area contributed by atoms with Gasteiger partial charge in [-0.2, -0.15) is 0 Å². The maximum Gasteiger partial charge on any atom is 0.222 e. The lowest BCUT2D eigenvalue weighted by molar-refractivity contribution is -0.270. The highest BCUT2D eigenvalue weighted by molar-refractivity contribution is 5.76. The second kappa shape index (κ2) is 19.5. The Labute approximate surface area is 246 Å². The van der Waals surface area contributed by atoms with Crippen LogP contribution in [-0.2, 0) is 23.8 Å². The molecular formula is C31H56N2O8. The highest BCUT2D eigenvalue weighted by atomic mass is 16.7. The number of amides is 2. The summed E-state index contributed by atoms with van der Waals surface area (Å²) in [6.07, 6.45) is 8.08. The van der Waals surface area contributed by atoms with E-state index in [1.165, 1.54) is 32.6 Å². The van der Waals surface area contributed by atoms with Crippen molar-refractivity contribution in [2.75, 3.05) is 26.4 Å². The van der Waals surface area contributed by atoms with Crippen LogP contribution < -0.4 is 5.32 Å². The van der Waals surface area contributed by atoms with Gasteiger partial charge in [0, 0.05) is 32.4 Å². The number of aliphatic hydroxyl groups excluding tert-OH is 3. The molecule has 2 aliphatic heterocycles. The quantitative estimate of drug-likeness (QED) is 0.126. The summed E-state index contributed by atoms with van der Waals surface area (Å²) in [5, 5.41) is 32.5. The zero-order valence-electron chi connectivity index (χ0n) is 25.6. The Morgan fingerprint density at radius 3 is 2.46 bits per heavy atom. The Morgan fingerprint density at radius 1 is 1.05 bits per heavy atom. The molecule has 2 amide bonds. The van der Waals surface area contributed by atoms with Crippen LogP contribution in [0.5, 0.6) is 0 Å². The summed E-state index contributed by atoms with van der Waals surface area (Å²) in [6, 6.07) is -0.851. The second-order valence-electron chi connectivity index (χ2n) is 11.6. The predicted octanol–water partition coefficient (Wildman–Crippen LogP) is 3.42. The van der Waals surface area contributed by atoms with E-state index in [0.717, 1.165) is 57.2 Å². The number of hydrogen-bond acceptors (Lipinski definition) is 8. The van der Waals surface area contributed by atoms with Crippen molar-refractivity contribution in [3.63, 3.8) is 0 Å². The SMILES string of the molecule is C=C(OC[C@@H]1CCCN1C(=O)CCCCCOC1OC(CO)C(O)C(O)C1NC(C)=O)C(CCCC)CCCCC. The first kappa shape index (κ1) is 35.5. The summed E-state index contributed by atoms with van der Waals surface area (Å²) in [4.78, 5) is 26.5. The molecule has 41 heavy (non-hydrogen) atoms. The van der Waals surface area contributed by atoms with Crippen LogP contribution >= 0.6 is 0 Å². The fourth-order valence-electron chi connectivity index (χ4n) is 5.73. The highest BCUT2D eigenvalue weighted by Gasteiger charge is 2.45. The van der Waals surface area contributed by atoms with Crippen molar-refractivity contribution in [2.24, 2.45) is 5.92 Å². The number of aliphatic hydroxyl groups is 3. The fraction of sp³-hybridized carbons (Fsp3) is 0.871. The van der Waals surface area contributed by atoms with Gasteiger partial charge in [-0.3, -0.25) is 9.59 Å². The van der Waals surface area contributed by atoms with Gasteiger partial charge in [-0.05, 0) is 38.5 Å². The van der Waals surface area contributed by atoms with Gasteiger partial charge in [0.1, 0.15) is 31.0 Å². The molecule has 0 aromatic rings. The number of hydrogen-bond donors (Lipinski definition) is 4. The Balaban J connectivity index is 1.72. The first-order valence-corrected chi connectivity index (χ1v) is 15.9. The lowest BCUT2D eigenvalue weighted by Crippen LogP contribution is -2.64. The molecule has 4 N–H and O–H groups in total. The molecule has 7 atom stereocenters. The summed E-state index contributed by atoms with van der Waals surface area (Å²) in [5.41, 5.74) is 0. The van der Waals surface area contributed by atoms with E-state index >= 15 is 0 Å². The average molecular weight is 585 g/mol. The molecule has 2 saturated heterocycles. The zero-order valence-corrected chi connectivity index (χ0v) is 25.6. The molecule has 0 aliphatic carbocycles. The molecule has 0 saturated carbocycles. The summed E-state index contributed by atoms with van der Waals surface area (Å²) >= 11 is 0. The minimum absolute atomic E-state index is 0.0976. The zero-order chi connectivity index (χ0) is 30.2. The van der Waals surface area contributed by atoms with Gasteiger partial charge in [-0.25, -0.2) is 0 Å². The third kappa shape index (κ3) is 11.8. The molecule has 0 bridgehead atoms. The normalized spacial score (nSPS) is 27.0. The Morgan fingerprint density at radius 2 is 1.78 bits per heavy atom. The van der Waals surface area contributed by atoms with E-state index in [-0.39, 0.29) is 18.6 Å². The van der Waals surface area contributed by atoms with E-state index < -0.39 is 43.2 Å². The van der Waals surface area contributed by atoms with Crippen molar-refractivity contribution in [3.8, 4) is 0 Å². The first-order chi connectivity index (χ1) is 19.7. The lowest BCUT2D eigenvalue weighted by atomic mass is 9.94. The van der Waals surface area contributed by atoms with E-state index in [9.17, 15) is 24.9 Å². The number of ether oxygens (including phenoxy) is 3. The van der Waals surface area contributed by atoms with E-state index in [4.69, 9.17) is 14.2 Å². The molecule has 0 spiro atoms. The molecule has 238 valence electrons. The molecular weight excluding hydrogens is 528 g/mol. The largest absolute Gasteiger partial charge is 0.496 e. The molecule has 2 aliphatic rings. The van der Waals surface area contributed by atoms with Crippen LogP contribution in [-0.4, -0.2) is 95.1 Å². The smallest absolute Gasteiger partial charge is 0.222 e. The van der Waals surface area contributed by atoms with Gasteiger partial charge in [0.2, 0.25) is 11.8 Å². The topological polar surface area (TPSA) is 138 Å². The van der Waals surface area contributed by atoms with Gasteiger partial charge in [0.25, 0.3) is 0 Å². The van der Waals surface area contributed by atoms with E-state index in [1.807, 2.05) is 4.90 Å². The van der Waals surface area contributed by atoms with Crippen molar-refractivity contribution < 1.29 is 39.1 Å². The van der Waals surface area contributed by atoms with E-state index in [2.05, 4.69) is 25.7 Å². The van der Waals surface area contributed by atoms with E-state index in [0.29, 0.717) is 25.4 Å². The summed E-state index contributed by atoms with van der Waals surface area (Å²) in [7, 11) is 0. The number of rotatable bonds is 20. The van der Waals surface area contributed by atoms with Crippen LogP contribution in [0.15, 0.2) is 12.3 Å². The van der Waals surface area contributed by atoms with Gasteiger partial charge in [-0.15, -0.1) is 0 Å². The minimum atomic E-state index is -1.34. The van der Waals surface area contributed by atoms with Gasteiger partial charge in [0.05, 0.1) is 18.4 Å². The first-order valence-electron chi connectivity index (χ1n) is 15.9. The number of carbonyl (C=O) groups is 2. The molecule has 2 rings (SSSR count). The third-order valence-corrected chi connectivity index (χ3v) is 8.24. The van der Waals surface area contributed by atoms with Crippen LogP contribution in [0.2, 0.25) is 0 Å². The van der Waals surface area contributed by atoms with E-state index in [1.54, 1.807) is 0 Å². The monoisotopic (exact) mass is 584 g/mol. The van der Waals surface area contributed by atoms with Crippen LogP contribution in [0.4, 0.5) is 0 Å². The standard InChI is InChI=1S/C31H56N2O8/c1-5-7-10-15-24(14-8-6-2)22(3)40-21-25-16-13-18-33(25)27(36)17-11-9-12-19-39-31-28(32-23(4)35)30(38)29(37)26(20-34)41-31/h24-26,28-31,34,37-38H,3,5-21H2,1-2,4H3,(H,32,35)/t24?,25-,26?,28?,29?,30?,31?/m0/s1. The van der Waals surface area contributed by atoms with Crippen LogP contribution in [0, 0.1) is 5.92 Å². The highest BCUT2D eigenvalue weighted by Crippen LogP contribution is 2.27. The molecule has 0 aromatic carbocycles. The molecule has 2 heterocycles. The summed E-state index contributed by atoms with van der Waals surface area (Å²) < 4.78 is 17.5. The summed E-state index contributed by atoms with van der Waals surface area (Å²) in [6.45, 7) is 11.1. The van der Waals surface area contributed by atoms with Gasteiger partial charge < -0.3 is 39.7 Å². The molecule has 10 nitrogen and oxygen atoms in total. The van der Waals surface area contributed by atoms with Gasteiger partial charge >= 0.3 is 0 Å². The Kier molecular flexibility index (Phi) is 16.8. The number of unbranched alkanes of at least 4 members (excludes halogenated alkanes) is 5. The lowest BCUT2D eigenvalue weighted by Gasteiger charge is -2.42. The van der Waals surface area contributed by atoms with Crippen LogP contribution in [0.25, 0.3) is 0 Å². The second-order valence-corrected chi connectivity index (χ2v) is 11.6. The fourth-order valence-corrected chi connectivity index (χ4v) is 5.73. The Hall–Kier alpha value is -1.72. The number of allylic oxidation sites excluding steroid dienone is 1.